The number of carbonyl (C=O) groups excluding carboxylic acids is 1. The summed E-state index contributed by atoms with van der Waals surface area (Å²) >= 11 is 0. The first-order chi connectivity index (χ1) is 22.2. The molecule has 2 aromatic carbocycles. The third kappa shape index (κ3) is 5.61. The van der Waals surface area contributed by atoms with Crippen LogP contribution in [0.15, 0.2) is 47.3 Å². The number of benzene rings is 2. The van der Waals surface area contributed by atoms with Crippen LogP contribution >= 0.6 is 0 Å². The van der Waals surface area contributed by atoms with E-state index in [9.17, 15) is 14.0 Å². The minimum Gasteiger partial charge on any atom is -0.378 e. The number of aromatic amines is 1. The first-order valence-corrected chi connectivity index (χ1v) is 17.8. The van der Waals surface area contributed by atoms with Crippen LogP contribution in [0, 0.1) is 46.2 Å². The van der Waals surface area contributed by atoms with E-state index in [1.165, 1.54) is 57.4 Å². The van der Waals surface area contributed by atoms with Crippen molar-refractivity contribution in [2.45, 2.75) is 97.5 Å². The van der Waals surface area contributed by atoms with E-state index in [1.54, 1.807) is 18.2 Å². The smallest absolute Gasteiger partial charge is 0.272 e. The highest BCUT2D eigenvalue weighted by Crippen LogP contribution is 2.66. The third-order valence-corrected chi connectivity index (χ3v) is 13.2. The quantitative estimate of drug-likeness (QED) is 0.249. The average molecular weight is 628 g/mol. The molecule has 0 aliphatic heterocycles. The molecule has 1 amide bonds. The normalized spacial score (nSPS) is 33.7. The topological polar surface area (TPSA) is 84.1 Å². The zero-order chi connectivity index (χ0) is 32.1. The highest BCUT2D eigenvalue weighted by molar-refractivity contribution is 5.94. The third-order valence-electron chi connectivity index (χ3n) is 13.2. The van der Waals surface area contributed by atoms with Gasteiger partial charge >= 0.3 is 0 Å². The second-order valence-electron chi connectivity index (χ2n) is 15.7. The number of halogens is 1. The second kappa shape index (κ2) is 12.5. The summed E-state index contributed by atoms with van der Waals surface area (Å²) in [5, 5.41) is 11.0. The predicted molar refractivity (Wildman–Crippen MR) is 179 cm³/mol. The van der Waals surface area contributed by atoms with Gasteiger partial charge in [0, 0.05) is 25.0 Å². The molecule has 8 atom stereocenters. The Morgan fingerprint density at radius 1 is 1.00 bits per heavy atom. The van der Waals surface area contributed by atoms with E-state index in [0.29, 0.717) is 42.5 Å². The lowest BCUT2D eigenvalue weighted by molar-refractivity contribution is -0.134. The first kappa shape index (κ1) is 31.5. The molecule has 1 heterocycles. The summed E-state index contributed by atoms with van der Waals surface area (Å²) in [5.41, 5.74) is 1.99. The molecule has 4 fully saturated rings. The van der Waals surface area contributed by atoms with E-state index in [1.807, 2.05) is 18.2 Å². The molecular formula is C39H50FN3O3. The molecule has 7 rings (SSSR count). The van der Waals surface area contributed by atoms with Crippen molar-refractivity contribution in [1.82, 2.24) is 15.5 Å². The van der Waals surface area contributed by atoms with E-state index >= 15 is 0 Å². The van der Waals surface area contributed by atoms with Crippen molar-refractivity contribution in [3.8, 4) is 0 Å². The summed E-state index contributed by atoms with van der Waals surface area (Å²) in [4.78, 5) is 25.2. The average Bonchev–Trinajstić information content (AvgIpc) is 3.39. The SMILES string of the molecule is C[C@@H]1CC[C@@]2(C)[C@@H](CC[C@@H]3[C@@H]2CC[C@]2(C)[C@@H](OCCCNC(=O)c4cc(Cc5n[nH]c(=O)c6ccccc56)ccc4F)CC[C@@H]32)C1. The number of nitrogens with one attached hydrogen (secondary N) is 2. The Kier molecular flexibility index (Phi) is 8.58. The van der Waals surface area contributed by atoms with Crippen LogP contribution in [0.4, 0.5) is 4.39 Å². The Hall–Kier alpha value is -3.06. The van der Waals surface area contributed by atoms with Crippen LogP contribution in [0.3, 0.4) is 0 Å². The number of hydrogen-bond donors (Lipinski definition) is 2. The van der Waals surface area contributed by atoms with Gasteiger partial charge in [-0.25, -0.2) is 9.49 Å². The van der Waals surface area contributed by atoms with Gasteiger partial charge in [0.05, 0.1) is 22.7 Å². The molecule has 0 radical (unpaired) electrons. The number of aromatic nitrogens is 2. The Morgan fingerprint density at radius 3 is 2.63 bits per heavy atom. The maximum Gasteiger partial charge on any atom is 0.272 e. The molecule has 4 aliphatic rings. The molecule has 7 heteroatoms. The van der Waals surface area contributed by atoms with Gasteiger partial charge in [-0.15, -0.1) is 0 Å². The van der Waals surface area contributed by atoms with Gasteiger partial charge in [0.15, 0.2) is 0 Å². The maximum atomic E-state index is 14.7. The highest BCUT2D eigenvalue weighted by Gasteiger charge is 2.60. The second-order valence-corrected chi connectivity index (χ2v) is 15.7. The molecule has 46 heavy (non-hydrogen) atoms. The zero-order valence-electron chi connectivity index (χ0n) is 27.7. The molecule has 4 aliphatic carbocycles. The van der Waals surface area contributed by atoms with Crippen molar-refractivity contribution in [2.24, 2.45) is 40.4 Å². The first-order valence-electron chi connectivity index (χ1n) is 17.8. The number of ether oxygens (including phenoxy) is 1. The number of H-pyrrole nitrogens is 1. The summed E-state index contributed by atoms with van der Waals surface area (Å²) in [6, 6.07) is 11.8. The van der Waals surface area contributed by atoms with E-state index in [-0.39, 0.29) is 22.6 Å². The molecule has 0 unspecified atom stereocenters. The Labute approximate surface area is 272 Å². The molecule has 0 spiro atoms. The van der Waals surface area contributed by atoms with Gasteiger partial charge in [-0.3, -0.25) is 9.59 Å². The van der Waals surface area contributed by atoms with Crippen molar-refractivity contribution in [3.63, 3.8) is 0 Å². The Bertz CT molecular complexity index is 1650. The van der Waals surface area contributed by atoms with Crippen molar-refractivity contribution in [1.29, 1.82) is 0 Å². The Morgan fingerprint density at radius 2 is 1.78 bits per heavy atom. The highest BCUT2D eigenvalue weighted by atomic mass is 19.1. The van der Waals surface area contributed by atoms with Crippen LogP contribution in [-0.4, -0.2) is 35.4 Å². The van der Waals surface area contributed by atoms with Crippen LogP contribution in [0.25, 0.3) is 10.8 Å². The molecular weight excluding hydrogens is 577 g/mol. The van der Waals surface area contributed by atoms with Crippen LogP contribution in [-0.2, 0) is 11.2 Å². The fourth-order valence-electron chi connectivity index (χ4n) is 10.6. The summed E-state index contributed by atoms with van der Waals surface area (Å²) in [5.74, 6) is 3.35. The molecule has 2 N–H and O–H groups in total. The minimum absolute atomic E-state index is 0.0193. The largest absolute Gasteiger partial charge is 0.378 e. The summed E-state index contributed by atoms with van der Waals surface area (Å²) < 4.78 is 21.3. The number of rotatable bonds is 8. The van der Waals surface area contributed by atoms with Gasteiger partial charge in [0.1, 0.15) is 5.82 Å². The maximum absolute atomic E-state index is 14.7. The molecule has 0 bridgehead atoms. The van der Waals surface area contributed by atoms with Gasteiger partial charge in [-0.2, -0.15) is 5.10 Å². The number of carbonyl (C=O) groups is 1. The molecule has 3 aromatic rings. The molecule has 6 nitrogen and oxygen atoms in total. The Balaban J connectivity index is 0.918. The molecule has 4 saturated carbocycles. The van der Waals surface area contributed by atoms with Crippen molar-refractivity contribution >= 4 is 16.7 Å². The molecule has 0 saturated heterocycles. The standard InChI is InChI=1S/C39H50FN3O3/c1-24-15-17-38(2)26(21-24)10-11-29-31-12-14-35(39(31,3)18-16-32(29)38)46-20-6-19-41-36(44)30-22-25(9-13-33(30)40)23-34-27-7-4-5-8-28(27)37(45)43-42-34/h4-5,7-9,13,22,24,26,29,31-32,35H,6,10-12,14-21,23H2,1-3H3,(H,41,44)(H,43,45)/t24-,26+,29+,31+,32+,35+,38+,39+/m1/s1. The lowest BCUT2D eigenvalue weighted by Gasteiger charge is -2.61. The predicted octanol–water partition coefficient (Wildman–Crippen LogP) is 7.84. The van der Waals surface area contributed by atoms with Gasteiger partial charge in [-0.1, -0.05) is 51.5 Å². The lowest BCUT2D eigenvalue weighted by Crippen LogP contribution is -2.54. The van der Waals surface area contributed by atoms with Crippen molar-refractivity contribution in [3.05, 3.63) is 75.5 Å². The zero-order valence-corrected chi connectivity index (χ0v) is 27.7. The number of amides is 1. The van der Waals surface area contributed by atoms with Crippen LogP contribution in [0.1, 0.15) is 107 Å². The van der Waals surface area contributed by atoms with Gasteiger partial charge in [-0.05, 0) is 122 Å². The number of hydrogen-bond acceptors (Lipinski definition) is 4. The number of fused-ring (bicyclic) bond motifs is 6. The molecule has 246 valence electrons. The van der Waals surface area contributed by atoms with Crippen LogP contribution in [0.5, 0.6) is 0 Å². The lowest BCUT2D eigenvalue weighted by atomic mass is 9.44. The summed E-state index contributed by atoms with van der Waals surface area (Å²) in [7, 11) is 0. The van der Waals surface area contributed by atoms with Gasteiger partial charge in [0.2, 0.25) is 0 Å². The van der Waals surface area contributed by atoms with Crippen molar-refractivity contribution < 1.29 is 13.9 Å². The van der Waals surface area contributed by atoms with Crippen LogP contribution in [0.2, 0.25) is 0 Å². The van der Waals surface area contributed by atoms with Gasteiger partial charge < -0.3 is 10.1 Å². The number of nitrogens with zero attached hydrogens (tertiary/aromatic N) is 1. The van der Waals surface area contributed by atoms with E-state index < -0.39 is 11.7 Å². The van der Waals surface area contributed by atoms with Crippen LogP contribution < -0.4 is 10.9 Å². The van der Waals surface area contributed by atoms with E-state index in [2.05, 4.69) is 36.3 Å². The molecule has 1 aromatic heterocycles. The fraction of sp³-hybridized carbons (Fsp3) is 0.615. The minimum atomic E-state index is -0.553. The fourth-order valence-corrected chi connectivity index (χ4v) is 10.6. The van der Waals surface area contributed by atoms with Gasteiger partial charge in [0.25, 0.3) is 11.5 Å². The van der Waals surface area contributed by atoms with E-state index in [4.69, 9.17) is 4.74 Å². The van der Waals surface area contributed by atoms with E-state index in [0.717, 1.165) is 47.0 Å². The summed E-state index contributed by atoms with van der Waals surface area (Å²) in [6.45, 7) is 8.65. The van der Waals surface area contributed by atoms with Crippen molar-refractivity contribution in [2.75, 3.05) is 13.2 Å². The summed E-state index contributed by atoms with van der Waals surface area (Å²) in [6.07, 6.45) is 13.5. The monoisotopic (exact) mass is 627 g/mol.